The van der Waals surface area contributed by atoms with Gasteiger partial charge in [0.15, 0.2) is 5.82 Å². The molecule has 5 aliphatic rings. The number of aromatic nitrogens is 4. The number of carbonyl (C=O) groups excluding carboxylic acids is 4. The summed E-state index contributed by atoms with van der Waals surface area (Å²) >= 11 is 0. The Morgan fingerprint density at radius 3 is 2.49 bits per heavy atom. The minimum atomic E-state index is -0.871. The Kier molecular flexibility index (Phi) is 11.5. The number of rotatable bonds is 9. The third kappa shape index (κ3) is 8.78. The zero-order valence-electron chi connectivity index (χ0n) is 36.2. The first-order valence-electron chi connectivity index (χ1n) is 22.5. The number of imide groups is 1. The fourth-order valence-corrected chi connectivity index (χ4v) is 9.99. The summed E-state index contributed by atoms with van der Waals surface area (Å²) in [6, 6.07) is 11.0. The smallest absolute Gasteiger partial charge is 0.254 e. The molecule has 10 rings (SSSR count). The summed E-state index contributed by atoms with van der Waals surface area (Å²) in [6.45, 7) is 8.29. The van der Waals surface area contributed by atoms with Crippen LogP contribution in [0.3, 0.4) is 0 Å². The number of halogens is 2. The van der Waals surface area contributed by atoms with E-state index >= 15 is 8.78 Å². The summed E-state index contributed by atoms with van der Waals surface area (Å²) in [5.41, 5.74) is 4.33. The van der Waals surface area contributed by atoms with E-state index in [2.05, 4.69) is 41.0 Å². The monoisotopic (exact) mass is 887 g/mol. The fraction of sp³-hybridized carbons (Fsp3) is 0.426. The van der Waals surface area contributed by atoms with E-state index in [-0.39, 0.29) is 48.6 Å². The van der Waals surface area contributed by atoms with E-state index in [1.807, 2.05) is 30.0 Å². The van der Waals surface area contributed by atoms with Crippen molar-refractivity contribution in [2.24, 2.45) is 5.92 Å². The molecule has 2 aromatic carbocycles. The number of anilines is 4. The number of ether oxygens (including phenoxy) is 1. The number of pyridine rings is 2. The molecular formula is C47H51F2N11O5. The molecule has 4 N–H and O–H groups in total. The van der Waals surface area contributed by atoms with Crippen LogP contribution in [0.1, 0.15) is 60.1 Å². The molecule has 16 nitrogen and oxygen atoms in total. The van der Waals surface area contributed by atoms with Crippen molar-refractivity contribution in [3.63, 3.8) is 0 Å². The summed E-state index contributed by atoms with van der Waals surface area (Å²) in [5, 5.41) is 17.6. The summed E-state index contributed by atoms with van der Waals surface area (Å²) in [4.78, 5) is 65.6. The number of fused-ring (bicyclic) bond motifs is 3. The molecule has 3 saturated heterocycles. The molecule has 0 aliphatic carbocycles. The first kappa shape index (κ1) is 42.3. The number of piperidine rings is 3. The Balaban J connectivity index is 0.694. The van der Waals surface area contributed by atoms with E-state index in [9.17, 15) is 19.2 Å². The SMILES string of the molecule is Cc1c(-c2cc3cc(Nc4cc5n(n4)CC(=O)N(C4CCN(CC6CCN(c7ccc(C(=O)NC8CCC(=O)NC8=O)c(F)c7)CC6)CC4)CC5)ncc3cc2F)cnc2c1NCCO2. The van der Waals surface area contributed by atoms with Gasteiger partial charge in [0.25, 0.3) is 5.91 Å². The molecule has 3 fully saturated rings. The largest absolute Gasteiger partial charge is 0.474 e. The van der Waals surface area contributed by atoms with Gasteiger partial charge in [0.05, 0.1) is 5.56 Å². The molecule has 0 radical (unpaired) electrons. The topological polar surface area (TPSA) is 179 Å². The number of nitrogens with zero attached hydrogens (tertiary/aromatic N) is 7. The van der Waals surface area contributed by atoms with Crippen molar-refractivity contribution < 1.29 is 32.7 Å². The van der Waals surface area contributed by atoms with Gasteiger partial charge < -0.3 is 35.4 Å². The predicted octanol–water partition coefficient (Wildman–Crippen LogP) is 4.93. The molecular weight excluding hydrogens is 837 g/mol. The van der Waals surface area contributed by atoms with Crippen LogP contribution in [0.15, 0.2) is 54.9 Å². The van der Waals surface area contributed by atoms with Gasteiger partial charge in [-0.25, -0.2) is 18.7 Å². The average molecular weight is 888 g/mol. The standard InChI is InChI=1S/C47H51F2N11O5/c1-27-36(24-52-47-44(27)50-11-17-65-47)35-18-29-20-40(51-23-30(29)19-37(35)48)54-41-22-33-10-16-59(43(62)26-60(33)56-41)31-8-12-57(13-9-31)25-28-6-14-58(15-7-28)32-2-3-34(38(49)21-32)45(63)53-39-4-5-42(61)55-46(39)64/h2-3,18-24,28,31,39,50H,4-17,25-26H2,1H3,(H,53,63)(H,51,54,56)(H,55,61,64). The van der Waals surface area contributed by atoms with Crippen LogP contribution >= 0.6 is 0 Å². The van der Waals surface area contributed by atoms with E-state index in [0.717, 1.165) is 86.4 Å². The molecule has 65 heavy (non-hydrogen) atoms. The molecule has 0 bridgehead atoms. The number of hydrogen-bond donors (Lipinski definition) is 4. The maximum absolute atomic E-state index is 15.5. The second-order valence-electron chi connectivity index (χ2n) is 17.7. The van der Waals surface area contributed by atoms with Crippen molar-refractivity contribution in [1.29, 1.82) is 0 Å². The maximum Gasteiger partial charge on any atom is 0.254 e. The predicted molar refractivity (Wildman–Crippen MR) is 239 cm³/mol. The van der Waals surface area contributed by atoms with Crippen LogP contribution < -0.4 is 30.9 Å². The Labute approximate surface area is 374 Å². The Bertz CT molecular complexity index is 2690. The normalized spacial score (nSPS) is 19.8. The van der Waals surface area contributed by atoms with Gasteiger partial charge in [-0.05, 0) is 92.3 Å². The quantitative estimate of drug-likeness (QED) is 0.147. The van der Waals surface area contributed by atoms with Crippen molar-refractivity contribution in [2.75, 3.05) is 68.0 Å². The van der Waals surface area contributed by atoms with Gasteiger partial charge in [0.1, 0.15) is 42.3 Å². The van der Waals surface area contributed by atoms with Crippen molar-refractivity contribution >= 4 is 57.4 Å². The molecule has 0 saturated carbocycles. The van der Waals surface area contributed by atoms with Gasteiger partial charge in [-0.2, -0.15) is 5.10 Å². The van der Waals surface area contributed by atoms with E-state index < -0.39 is 23.7 Å². The molecule has 1 unspecified atom stereocenters. The van der Waals surface area contributed by atoms with Gasteiger partial charge in [-0.3, -0.25) is 29.2 Å². The molecule has 18 heteroatoms. The van der Waals surface area contributed by atoms with E-state index in [1.54, 1.807) is 23.1 Å². The molecule has 5 aromatic rings. The minimum Gasteiger partial charge on any atom is -0.474 e. The number of amides is 4. The molecule has 5 aliphatic heterocycles. The highest BCUT2D eigenvalue weighted by Gasteiger charge is 2.33. The second-order valence-corrected chi connectivity index (χ2v) is 17.7. The van der Waals surface area contributed by atoms with Crippen LogP contribution in [0.25, 0.3) is 21.9 Å². The second kappa shape index (κ2) is 17.7. The van der Waals surface area contributed by atoms with Gasteiger partial charge in [0, 0.05) is 111 Å². The molecule has 1 atom stereocenters. The van der Waals surface area contributed by atoms with Crippen LogP contribution in [0.2, 0.25) is 0 Å². The summed E-state index contributed by atoms with van der Waals surface area (Å²) < 4.78 is 38.1. The number of hydrogen-bond acceptors (Lipinski definition) is 12. The third-order valence-corrected chi connectivity index (χ3v) is 13.6. The van der Waals surface area contributed by atoms with Crippen molar-refractivity contribution in [1.82, 2.24) is 40.2 Å². The Hall–Kier alpha value is -6.69. The Morgan fingerprint density at radius 2 is 1.69 bits per heavy atom. The van der Waals surface area contributed by atoms with E-state index in [1.165, 1.54) is 18.2 Å². The highest BCUT2D eigenvalue weighted by atomic mass is 19.1. The highest BCUT2D eigenvalue weighted by molar-refractivity contribution is 6.04. The molecule has 0 spiro atoms. The van der Waals surface area contributed by atoms with Crippen molar-refractivity contribution in [2.45, 2.75) is 70.5 Å². The number of carbonyl (C=O) groups is 4. The molecule has 8 heterocycles. The first-order valence-corrected chi connectivity index (χ1v) is 22.5. The minimum absolute atomic E-state index is 0.0655. The van der Waals surface area contributed by atoms with Crippen LogP contribution in [0.4, 0.5) is 31.8 Å². The Morgan fingerprint density at radius 1 is 0.862 bits per heavy atom. The van der Waals surface area contributed by atoms with E-state index in [0.29, 0.717) is 66.1 Å². The van der Waals surface area contributed by atoms with Crippen LogP contribution in [0.5, 0.6) is 5.88 Å². The number of nitrogens with one attached hydrogen (secondary N) is 4. The van der Waals surface area contributed by atoms with Crippen LogP contribution in [0, 0.1) is 24.5 Å². The summed E-state index contributed by atoms with van der Waals surface area (Å²) in [6.07, 6.45) is 8.03. The van der Waals surface area contributed by atoms with Crippen molar-refractivity contribution in [3.05, 3.63) is 83.3 Å². The third-order valence-electron chi connectivity index (χ3n) is 13.6. The molecule has 4 amide bonds. The van der Waals surface area contributed by atoms with Gasteiger partial charge in [-0.15, -0.1) is 0 Å². The summed E-state index contributed by atoms with van der Waals surface area (Å²) in [7, 11) is 0. The summed E-state index contributed by atoms with van der Waals surface area (Å²) in [5.74, 6) is -0.414. The zero-order chi connectivity index (χ0) is 44.8. The molecule has 338 valence electrons. The maximum atomic E-state index is 15.5. The van der Waals surface area contributed by atoms with Crippen LogP contribution in [-0.4, -0.2) is 118 Å². The van der Waals surface area contributed by atoms with Gasteiger partial charge in [-0.1, -0.05) is 0 Å². The lowest BCUT2D eigenvalue weighted by Crippen LogP contribution is -2.52. The number of benzene rings is 2. The highest BCUT2D eigenvalue weighted by Crippen LogP contribution is 2.38. The van der Waals surface area contributed by atoms with Gasteiger partial charge in [0.2, 0.25) is 23.6 Å². The molecule has 3 aromatic heterocycles. The lowest BCUT2D eigenvalue weighted by Gasteiger charge is -2.41. The van der Waals surface area contributed by atoms with Gasteiger partial charge >= 0.3 is 0 Å². The zero-order valence-corrected chi connectivity index (χ0v) is 36.2. The van der Waals surface area contributed by atoms with E-state index in [4.69, 9.17) is 9.84 Å². The lowest BCUT2D eigenvalue weighted by atomic mass is 9.94. The first-order chi connectivity index (χ1) is 31.5. The van der Waals surface area contributed by atoms with Crippen LogP contribution in [-0.2, 0) is 27.3 Å². The average Bonchev–Trinajstić information content (AvgIpc) is 3.60. The van der Waals surface area contributed by atoms with Crippen molar-refractivity contribution in [3.8, 4) is 17.0 Å². The lowest BCUT2D eigenvalue weighted by molar-refractivity contribution is -0.135. The fourth-order valence-electron chi connectivity index (χ4n) is 9.99. The number of likely N-dealkylation sites (tertiary alicyclic amines) is 1.